The van der Waals surface area contributed by atoms with Crippen LogP contribution in [0.1, 0.15) is 17.5 Å². The fourth-order valence-electron chi connectivity index (χ4n) is 2.71. The van der Waals surface area contributed by atoms with Crippen molar-refractivity contribution in [1.82, 2.24) is 0 Å². The van der Waals surface area contributed by atoms with Crippen molar-refractivity contribution in [2.75, 3.05) is 18.1 Å². The average Bonchev–Trinajstić information content (AvgIpc) is 2.54. The second-order valence-electron chi connectivity index (χ2n) is 5.50. The summed E-state index contributed by atoms with van der Waals surface area (Å²) in [6.45, 7) is 2.43. The van der Waals surface area contributed by atoms with E-state index in [1.807, 2.05) is 37.3 Å². The van der Waals surface area contributed by atoms with Crippen LogP contribution in [0, 0.1) is 12.7 Å². The normalized spacial score (nSPS) is 13.6. The van der Waals surface area contributed by atoms with Crippen molar-refractivity contribution < 1.29 is 13.9 Å². The number of ether oxygens (including phenoxy) is 1. The van der Waals surface area contributed by atoms with Gasteiger partial charge in [-0.2, -0.15) is 0 Å². The Kier molecular flexibility index (Phi) is 4.09. The molecule has 0 unspecified atom stereocenters. The molecule has 0 saturated carbocycles. The van der Waals surface area contributed by atoms with E-state index in [0.29, 0.717) is 18.0 Å². The Morgan fingerprint density at radius 1 is 1.23 bits per heavy atom. The molecule has 0 radical (unpaired) electrons. The lowest BCUT2D eigenvalue weighted by Crippen LogP contribution is -2.39. The van der Waals surface area contributed by atoms with Gasteiger partial charge in [0.2, 0.25) is 0 Å². The number of fused-ring (bicyclic) bond motifs is 1. The monoisotopic (exact) mass is 299 g/mol. The summed E-state index contributed by atoms with van der Waals surface area (Å²) < 4.78 is 19.6. The number of rotatable bonds is 3. The number of benzene rings is 2. The molecule has 22 heavy (non-hydrogen) atoms. The molecule has 4 heteroatoms. The van der Waals surface area contributed by atoms with E-state index in [9.17, 15) is 9.18 Å². The average molecular weight is 299 g/mol. The molecule has 2 aromatic rings. The molecule has 0 saturated heterocycles. The van der Waals surface area contributed by atoms with Crippen molar-refractivity contribution in [2.45, 2.75) is 19.8 Å². The van der Waals surface area contributed by atoms with Crippen molar-refractivity contribution in [2.24, 2.45) is 0 Å². The van der Waals surface area contributed by atoms with Crippen LogP contribution in [0.5, 0.6) is 5.75 Å². The first-order valence-corrected chi connectivity index (χ1v) is 7.42. The molecule has 0 bridgehead atoms. The third-order valence-electron chi connectivity index (χ3n) is 3.85. The van der Waals surface area contributed by atoms with Crippen LogP contribution in [0.4, 0.5) is 10.1 Å². The third kappa shape index (κ3) is 2.96. The smallest absolute Gasteiger partial charge is 0.265 e. The van der Waals surface area contributed by atoms with E-state index in [2.05, 4.69) is 0 Å². The maximum atomic E-state index is 14.1. The predicted octanol–water partition coefficient (Wildman–Crippen LogP) is 3.49. The molecule has 114 valence electrons. The van der Waals surface area contributed by atoms with Crippen LogP contribution in [-0.4, -0.2) is 19.1 Å². The van der Waals surface area contributed by atoms with Crippen molar-refractivity contribution in [3.8, 4) is 5.75 Å². The molecule has 2 aromatic carbocycles. The molecule has 0 aromatic heterocycles. The van der Waals surface area contributed by atoms with Crippen LogP contribution in [0.2, 0.25) is 0 Å². The van der Waals surface area contributed by atoms with Gasteiger partial charge in [0.15, 0.2) is 6.61 Å². The number of para-hydroxylation sites is 1. The fraction of sp³-hybridized carbons (Fsp3) is 0.278. The van der Waals surface area contributed by atoms with Gasteiger partial charge in [-0.25, -0.2) is 4.39 Å². The van der Waals surface area contributed by atoms with E-state index in [1.165, 1.54) is 11.0 Å². The topological polar surface area (TPSA) is 29.5 Å². The molecule has 0 atom stereocenters. The van der Waals surface area contributed by atoms with Crippen LogP contribution >= 0.6 is 0 Å². The van der Waals surface area contributed by atoms with Gasteiger partial charge in [0.05, 0.1) is 5.69 Å². The maximum absolute atomic E-state index is 14.1. The minimum Gasteiger partial charge on any atom is -0.484 e. The highest BCUT2D eigenvalue weighted by Gasteiger charge is 2.25. The molecule has 3 nitrogen and oxygen atoms in total. The molecule has 0 N–H and O–H groups in total. The summed E-state index contributed by atoms with van der Waals surface area (Å²) >= 11 is 0. The Labute approximate surface area is 129 Å². The summed E-state index contributed by atoms with van der Waals surface area (Å²) in [7, 11) is 0. The third-order valence-corrected chi connectivity index (χ3v) is 3.85. The number of anilines is 1. The van der Waals surface area contributed by atoms with E-state index < -0.39 is 0 Å². The molecule has 0 aliphatic carbocycles. The highest BCUT2D eigenvalue weighted by Crippen LogP contribution is 2.30. The van der Waals surface area contributed by atoms with Gasteiger partial charge in [-0.1, -0.05) is 29.8 Å². The Bertz CT molecular complexity index is 682. The molecule has 1 aliphatic heterocycles. The number of hydrogen-bond donors (Lipinski definition) is 0. The van der Waals surface area contributed by atoms with Crippen LogP contribution in [0.3, 0.4) is 0 Å². The lowest BCUT2D eigenvalue weighted by atomic mass is 10.0. The van der Waals surface area contributed by atoms with E-state index in [4.69, 9.17) is 4.74 Å². The van der Waals surface area contributed by atoms with Crippen LogP contribution < -0.4 is 9.64 Å². The zero-order valence-electron chi connectivity index (χ0n) is 12.5. The molecule has 3 rings (SSSR count). The second kappa shape index (κ2) is 6.18. The minimum absolute atomic E-state index is 0.0865. The molecule has 0 spiro atoms. The zero-order valence-corrected chi connectivity index (χ0v) is 12.5. The highest BCUT2D eigenvalue weighted by atomic mass is 19.1. The van der Waals surface area contributed by atoms with Gasteiger partial charge in [-0.3, -0.25) is 4.79 Å². The molecular weight excluding hydrogens is 281 g/mol. The van der Waals surface area contributed by atoms with Crippen molar-refractivity contribution in [3.05, 3.63) is 59.4 Å². The van der Waals surface area contributed by atoms with Crippen molar-refractivity contribution in [1.29, 1.82) is 0 Å². The van der Waals surface area contributed by atoms with Gasteiger partial charge >= 0.3 is 0 Å². The number of amides is 1. The van der Waals surface area contributed by atoms with Crippen molar-refractivity contribution in [3.63, 3.8) is 0 Å². The summed E-state index contributed by atoms with van der Waals surface area (Å²) in [5, 5.41) is 0. The van der Waals surface area contributed by atoms with Gasteiger partial charge in [0.25, 0.3) is 5.91 Å². The number of aryl methyl sites for hydroxylation is 2. The number of carbonyl (C=O) groups is 1. The number of halogens is 1. The Hall–Kier alpha value is -2.36. The van der Waals surface area contributed by atoms with E-state index in [-0.39, 0.29) is 18.3 Å². The molecular formula is C18H18FNO2. The zero-order chi connectivity index (χ0) is 15.5. The molecule has 1 aliphatic rings. The molecule has 1 amide bonds. The minimum atomic E-state index is -0.346. The highest BCUT2D eigenvalue weighted by molar-refractivity contribution is 5.95. The maximum Gasteiger partial charge on any atom is 0.265 e. The summed E-state index contributed by atoms with van der Waals surface area (Å²) in [6.07, 6.45) is 1.64. The van der Waals surface area contributed by atoms with E-state index in [0.717, 1.165) is 24.0 Å². The van der Waals surface area contributed by atoms with E-state index in [1.54, 1.807) is 6.07 Å². The summed E-state index contributed by atoms with van der Waals surface area (Å²) in [5.74, 6) is 0.0808. The lowest BCUT2D eigenvalue weighted by Gasteiger charge is -2.29. The quantitative estimate of drug-likeness (QED) is 0.868. The number of nitrogens with zero attached hydrogens (tertiary/aromatic N) is 1. The first-order valence-electron chi connectivity index (χ1n) is 7.42. The van der Waals surface area contributed by atoms with Crippen molar-refractivity contribution >= 4 is 11.6 Å². The molecule has 0 fully saturated rings. The molecule has 1 heterocycles. The second-order valence-corrected chi connectivity index (χ2v) is 5.50. The first kappa shape index (κ1) is 14.6. The van der Waals surface area contributed by atoms with Crippen LogP contribution in [-0.2, 0) is 11.2 Å². The predicted molar refractivity (Wildman–Crippen MR) is 83.7 cm³/mol. The number of hydrogen-bond acceptors (Lipinski definition) is 2. The fourth-order valence-corrected chi connectivity index (χ4v) is 2.71. The first-order chi connectivity index (χ1) is 10.6. The van der Waals surface area contributed by atoms with Crippen LogP contribution in [0.25, 0.3) is 0 Å². The lowest BCUT2D eigenvalue weighted by molar-refractivity contribution is -0.120. The Balaban J connectivity index is 1.72. The summed E-state index contributed by atoms with van der Waals surface area (Å²) in [4.78, 5) is 13.9. The summed E-state index contributed by atoms with van der Waals surface area (Å²) in [5.41, 5.74) is 2.42. The number of carbonyl (C=O) groups excluding carboxylic acids is 1. The Morgan fingerprint density at radius 2 is 2.00 bits per heavy atom. The van der Waals surface area contributed by atoms with Gasteiger partial charge in [0, 0.05) is 6.54 Å². The van der Waals surface area contributed by atoms with Gasteiger partial charge < -0.3 is 9.64 Å². The largest absolute Gasteiger partial charge is 0.484 e. The van der Waals surface area contributed by atoms with Gasteiger partial charge in [0.1, 0.15) is 11.6 Å². The van der Waals surface area contributed by atoms with Gasteiger partial charge in [-0.15, -0.1) is 0 Å². The Morgan fingerprint density at radius 3 is 2.77 bits per heavy atom. The van der Waals surface area contributed by atoms with Crippen LogP contribution in [0.15, 0.2) is 42.5 Å². The van der Waals surface area contributed by atoms with E-state index >= 15 is 0 Å². The standard InChI is InChI=1S/C18H18FNO2/c1-13-7-9-15(10-8-13)22-12-17(21)20-11-3-5-14-4-2-6-16(19)18(14)20/h2,4,6-10H,3,5,11-12H2,1H3. The SMILES string of the molecule is Cc1ccc(OCC(=O)N2CCCc3cccc(F)c32)cc1. The summed E-state index contributed by atoms with van der Waals surface area (Å²) in [6, 6.07) is 12.5. The van der Waals surface area contributed by atoms with Gasteiger partial charge in [-0.05, 0) is 43.5 Å².